The van der Waals surface area contributed by atoms with E-state index in [1.165, 1.54) is 0 Å². The summed E-state index contributed by atoms with van der Waals surface area (Å²) in [5.41, 5.74) is 0.0698. The van der Waals surface area contributed by atoms with Gasteiger partial charge < -0.3 is 14.7 Å². The maximum absolute atomic E-state index is 12.3. The lowest BCUT2D eigenvalue weighted by Crippen LogP contribution is -2.42. The van der Waals surface area contributed by atoms with Gasteiger partial charge in [-0.2, -0.15) is 0 Å². The first-order chi connectivity index (χ1) is 9.98. The molecule has 21 heavy (non-hydrogen) atoms. The Labute approximate surface area is 124 Å². The predicted molar refractivity (Wildman–Crippen MR) is 78.0 cm³/mol. The van der Waals surface area contributed by atoms with E-state index in [9.17, 15) is 14.7 Å². The quantitative estimate of drug-likeness (QED) is 0.873. The summed E-state index contributed by atoms with van der Waals surface area (Å²) in [6.07, 6.45) is 2.15. The standard InChI is InChI=1S/C16H21NO4/c1-17(11-12-6-3-4-7-13(12)21-2)14(18)10-16(15(19)20)8-5-9-16/h3-4,6-7H,5,8-11H2,1-2H3,(H,19,20). The molecule has 1 amide bonds. The van der Waals surface area contributed by atoms with E-state index in [-0.39, 0.29) is 12.3 Å². The molecule has 5 nitrogen and oxygen atoms in total. The summed E-state index contributed by atoms with van der Waals surface area (Å²) in [4.78, 5) is 25.2. The van der Waals surface area contributed by atoms with E-state index in [4.69, 9.17) is 4.74 Å². The second kappa shape index (κ2) is 6.16. The van der Waals surface area contributed by atoms with Gasteiger partial charge in [-0.1, -0.05) is 24.6 Å². The van der Waals surface area contributed by atoms with Crippen molar-refractivity contribution in [3.8, 4) is 5.75 Å². The lowest BCUT2D eigenvalue weighted by Gasteiger charge is -2.38. The fraction of sp³-hybridized carbons (Fsp3) is 0.500. The number of carbonyl (C=O) groups excluding carboxylic acids is 1. The lowest BCUT2D eigenvalue weighted by molar-refractivity contribution is -0.159. The minimum atomic E-state index is -0.854. The maximum atomic E-state index is 12.3. The Bertz CT molecular complexity index is 537. The molecule has 0 heterocycles. The number of carbonyl (C=O) groups is 2. The van der Waals surface area contributed by atoms with Crippen LogP contribution in [0.3, 0.4) is 0 Å². The van der Waals surface area contributed by atoms with Gasteiger partial charge in [0.2, 0.25) is 5.91 Å². The number of methoxy groups -OCH3 is 1. The average Bonchev–Trinajstić information content (AvgIpc) is 2.42. The van der Waals surface area contributed by atoms with Gasteiger partial charge >= 0.3 is 5.97 Å². The fourth-order valence-corrected chi connectivity index (χ4v) is 2.67. The molecule has 1 aromatic rings. The van der Waals surface area contributed by atoms with Gasteiger partial charge in [-0.25, -0.2) is 0 Å². The number of carboxylic acids is 1. The Balaban J connectivity index is 2.01. The van der Waals surface area contributed by atoms with Crippen LogP contribution < -0.4 is 4.74 Å². The highest BCUT2D eigenvalue weighted by molar-refractivity contribution is 5.85. The number of hydrogen-bond acceptors (Lipinski definition) is 3. The number of benzene rings is 1. The summed E-state index contributed by atoms with van der Waals surface area (Å²) in [6.45, 7) is 0.415. The van der Waals surface area contributed by atoms with Gasteiger partial charge in [0, 0.05) is 25.6 Å². The van der Waals surface area contributed by atoms with E-state index in [0.29, 0.717) is 19.4 Å². The molecule has 2 rings (SSSR count). The monoisotopic (exact) mass is 291 g/mol. The number of amides is 1. The molecule has 1 aromatic carbocycles. The van der Waals surface area contributed by atoms with Crippen molar-refractivity contribution in [1.82, 2.24) is 4.90 Å². The van der Waals surface area contributed by atoms with Crippen molar-refractivity contribution in [2.24, 2.45) is 5.41 Å². The van der Waals surface area contributed by atoms with Gasteiger partial charge in [0.1, 0.15) is 5.75 Å². The van der Waals surface area contributed by atoms with Crippen LogP contribution in [0.5, 0.6) is 5.75 Å². The molecule has 0 spiro atoms. The number of nitrogens with zero attached hydrogens (tertiary/aromatic N) is 1. The summed E-state index contributed by atoms with van der Waals surface area (Å²) in [5.74, 6) is -0.260. The van der Waals surface area contributed by atoms with Crippen molar-refractivity contribution in [1.29, 1.82) is 0 Å². The normalized spacial score (nSPS) is 15.9. The number of hydrogen-bond donors (Lipinski definition) is 1. The fourth-order valence-electron chi connectivity index (χ4n) is 2.67. The smallest absolute Gasteiger partial charge is 0.310 e. The molecule has 0 saturated heterocycles. The zero-order chi connectivity index (χ0) is 15.5. The van der Waals surface area contributed by atoms with Crippen LogP contribution in [0.2, 0.25) is 0 Å². The number of carboxylic acid groups (broad SMARTS) is 1. The third-order valence-corrected chi connectivity index (χ3v) is 4.28. The third-order valence-electron chi connectivity index (χ3n) is 4.28. The van der Waals surface area contributed by atoms with Crippen molar-refractivity contribution in [3.63, 3.8) is 0 Å². The van der Waals surface area contributed by atoms with Crippen LogP contribution in [0.25, 0.3) is 0 Å². The Morgan fingerprint density at radius 1 is 1.33 bits per heavy atom. The van der Waals surface area contributed by atoms with Gasteiger partial charge in [-0.15, -0.1) is 0 Å². The molecule has 0 radical (unpaired) electrons. The van der Waals surface area contributed by atoms with Crippen molar-refractivity contribution < 1.29 is 19.4 Å². The van der Waals surface area contributed by atoms with E-state index in [1.807, 2.05) is 24.3 Å². The van der Waals surface area contributed by atoms with Crippen LogP contribution in [0.4, 0.5) is 0 Å². The van der Waals surface area contributed by atoms with Crippen LogP contribution in [0.1, 0.15) is 31.2 Å². The number of ether oxygens (including phenoxy) is 1. The molecule has 1 aliphatic rings. The Morgan fingerprint density at radius 2 is 2.00 bits per heavy atom. The van der Waals surface area contributed by atoms with E-state index in [0.717, 1.165) is 17.7 Å². The zero-order valence-corrected chi connectivity index (χ0v) is 12.5. The Kier molecular flexibility index (Phi) is 4.50. The molecule has 1 aliphatic carbocycles. The second-order valence-corrected chi connectivity index (χ2v) is 5.68. The summed E-state index contributed by atoms with van der Waals surface area (Å²) in [5, 5.41) is 9.30. The van der Waals surface area contributed by atoms with Gasteiger partial charge in [0.25, 0.3) is 0 Å². The predicted octanol–water partition coefficient (Wildman–Crippen LogP) is 2.30. The van der Waals surface area contributed by atoms with Crippen LogP contribution >= 0.6 is 0 Å². The third kappa shape index (κ3) is 3.17. The van der Waals surface area contributed by atoms with Gasteiger partial charge in [-0.05, 0) is 18.9 Å². The molecule has 0 atom stereocenters. The van der Waals surface area contributed by atoms with Crippen molar-refractivity contribution >= 4 is 11.9 Å². The van der Waals surface area contributed by atoms with Crippen LogP contribution in [-0.4, -0.2) is 36.0 Å². The van der Waals surface area contributed by atoms with Crippen LogP contribution in [-0.2, 0) is 16.1 Å². The molecule has 0 aliphatic heterocycles. The highest BCUT2D eigenvalue weighted by Crippen LogP contribution is 2.44. The second-order valence-electron chi connectivity index (χ2n) is 5.68. The van der Waals surface area contributed by atoms with Crippen molar-refractivity contribution in [2.45, 2.75) is 32.2 Å². The molecular formula is C16H21NO4. The molecular weight excluding hydrogens is 270 g/mol. The minimum Gasteiger partial charge on any atom is -0.496 e. The topological polar surface area (TPSA) is 66.8 Å². The largest absolute Gasteiger partial charge is 0.496 e. The first kappa shape index (κ1) is 15.4. The highest BCUT2D eigenvalue weighted by Gasteiger charge is 2.46. The van der Waals surface area contributed by atoms with E-state index in [1.54, 1.807) is 19.1 Å². The molecule has 0 unspecified atom stereocenters. The molecule has 1 saturated carbocycles. The van der Waals surface area contributed by atoms with E-state index >= 15 is 0 Å². The average molecular weight is 291 g/mol. The van der Waals surface area contributed by atoms with Gasteiger partial charge in [0.15, 0.2) is 0 Å². The van der Waals surface area contributed by atoms with Crippen LogP contribution in [0, 0.1) is 5.41 Å². The number of para-hydroxylation sites is 1. The summed E-state index contributed by atoms with van der Waals surface area (Å²) in [7, 11) is 3.29. The first-order valence-electron chi connectivity index (χ1n) is 7.08. The van der Waals surface area contributed by atoms with Crippen molar-refractivity contribution in [3.05, 3.63) is 29.8 Å². The molecule has 5 heteroatoms. The molecule has 114 valence electrons. The highest BCUT2D eigenvalue weighted by atomic mass is 16.5. The molecule has 1 fully saturated rings. The lowest BCUT2D eigenvalue weighted by atomic mass is 9.66. The van der Waals surface area contributed by atoms with E-state index < -0.39 is 11.4 Å². The SMILES string of the molecule is COc1ccccc1CN(C)C(=O)CC1(C(=O)O)CCC1. The van der Waals surface area contributed by atoms with E-state index in [2.05, 4.69) is 0 Å². The molecule has 0 aromatic heterocycles. The Hall–Kier alpha value is -2.04. The molecule has 1 N–H and O–H groups in total. The van der Waals surface area contributed by atoms with Crippen LogP contribution in [0.15, 0.2) is 24.3 Å². The minimum absolute atomic E-state index is 0.0774. The first-order valence-corrected chi connectivity index (χ1v) is 7.08. The maximum Gasteiger partial charge on any atom is 0.310 e. The summed E-state index contributed by atoms with van der Waals surface area (Å²) in [6, 6.07) is 7.51. The zero-order valence-electron chi connectivity index (χ0n) is 12.5. The number of rotatable bonds is 6. The number of aliphatic carboxylic acids is 1. The van der Waals surface area contributed by atoms with Gasteiger partial charge in [-0.3, -0.25) is 9.59 Å². The Morgan fingerprint density at radius 3 is 2.52 bits per heavy atom. The molecule has 0 bridgehead atoms. The van der Waals surface area contributed by atoms with Gasteiger partial charge in [0.05, 0.1) is 12.5 Å². The summed E-state index contributed by atoms with van der Waals surface area (Å²) < 4.78 is 5.27. The summed E-state index contributed by atoms with van der Waals surface area (Å²) >= 11 is 0. The van der Waals surface area contributed by atoms with Crippen molar-refractivity contribution in [2.75, 3.05) is 14.2 Å².